The standard InChI is InChI=1S/C16H31N3O.HI/c1-4-16(20,5-2)12-18-14(17-6-3)19-11-10-15(13-19)8-7-9-15;/h20H,4-13H2,1-3H3,(H,17,18);1H. The summed E-state index contributed by atoms with van der Waals surface area (Å²) < 4.78 is 0. The van der Waals surface area contributed by atoms with Crippen molar-refractivity contribution in [3.05, 3.63) is 0 Å². The molecule has 0 atom stereocenters. The molecular weight excluding hydrogens is 377 g/mol. The van der Waals surface area contributed by atoms with Gasteiger partial charge in [-0.1, -0.05) is 20.3 Å². The van der Waals surface area contributed by atoms with Crippen LogP contribution in [-0.2, 0) is 0 Å². The molecule has 124 valence electrons. The van der Waals surface area contributed by atoms with Crippen molar-refractivity contribution in [1.29, 1.82) is 0 Å². The van der Waals surface area contributed by atoms with Crippen LogP contribution in [0.1, 0.15) is 59.3 Å². The number of rotatable bonds is 5. The number of hydrogen-bond acceptors (Lipinski definition) is 2. The summed E-state index contributed by atoms with van der Waals surface area (Å²) in [7, 11) is 0. The third kappa shape index (κ3) is 4.47. The van der Waals surface area contributed by atoms with Crippen molar-refractivity contribution < 1.29 is 5.11 Å². The first kappa shape index (κ1) is 19.0. The van der Waals surface area contributed by atoms with Crippen LogP contribution in [0, 0.1) is 5.41 Å². The summed E-state index contributed by atoms with van der Waals surface area (Å²) >= 11 is 0. The van der Waals surface area contributed by atoms with Gasteiger partial charge in [-0.25, -0.2) is 0 Å². The first-order valence-corrected chi connectivity index (χ1v) is 8.32. The molecule has 1 aliphatic carbocycles. The molecule has 1 spiro atoms. The van der Waals surface area contributed by atoms with E-state index in [1.807, 2.05) is 13.8 Å². The summed E-state index contributed by atoms with van der Waals surface area (Å²) in [5, 5.41) is 13.8. The summed E-state index contributed by atoms with van der Waals surface area (Å²) in [5.74, 6) is 0.997. The highest BCUT2D eigenvalue weighted by atomic mass is 127. The van der Waals surface area contributed by atoms with Crippen LogP contribution in [0.5, 0.6) is 0 Å². The van der Waals surface area contributed by atoms with Crippen molar-refractivity contribution in [2.45, 2.75) is 64.9 Å². The first-order chi connectivity index (χ1) is 9.56. The molecule has 1 aliphatic heterocycles. The highest BCUT2D eigenvalue weighted by Crippen LogP contribution is 2.47. The smallest absolute Gasteiger partial charge is 0.194 e. The third-order valence-corrected chi connectivity index (χ3v) is 5.33. The van der Waals surface area contributed by atoms with Gasteiger partial charge in [0.25, 0.3) is 0 Å². The highest BCUT2D eigenvalue weighted by Gasteiger charge is 2.43. The van der Waals surface area contributed by atoms with E-state index >= 15 is 0 Å². The lowest BCUT2D eigenvalue weighted by Crippen LogP contribution is -2.43. The quantitative estimate of drug-likeness (QED) is 0.417. The van der Waals surface area contributed by atoms with Crippen LogP contribution in [0.15, 0.2) is 4.99 Å². The Bertz CT molecular complexity index is 351. The third-order valence-electron chi connectivity index (χ3n) is 5.33. The fraction of sp³-hybridized carbons (Fsp3) is 0.938. The summed E-state index contributed by atoms with van der Waals surface area (Å²) in [4.78, 5) is 7.11. The number of nitrogens with one attached hydrogen (secondary N) is 1. The minimum Gasteiger partial charge on any atom is -0.388 e. The van der Waals surface area contributed by atoms with Crippen molar-refractivity contribution in [3.63, 3.8) is 0 Å². The normalized spacial score (nSPS) is 21.1. The Morgan fingerprint density at radius 1 is 1.24 bits per heavy atom. The molecule has 0 aromatic carbocycles. The predicted octanol–water partition coefficient (Wildman–Crippen LogP) is 3.00. The zero-order valence-electron chi connectivity index (χ0n) is 13.8. The van der Waals surface area contributed by atoms with E-state index in [9.17, 15) is 5.11 Å². The summed E-state index contributed by atoms with van der Waals surface area (Å²) in [6.07, 6.45) is 7.00. The van der Waals surface area contributed by atoms with E-state index in [0.717, 1.165) is 38.4 Å². The van der Waals surface area contributed by atoms with Crippen LogP contribution in [0.4, 0.5) is 0 Å². The molecule has 0 radical (unpaired) electrons. The van der Waals surface area contributed by atoms with E-state index in [4.69, 9.17) is 4.99 Å². The fourth-order valence-corrected chi connectivity index (χ4v) is 3.32. The summed E-state index contributed by atoms with van der Waals surface area (Å²) in [5.41, 5.74) is -0.0590. The second kappa shape index (κ2) is 7.99. The molecule has 21 heavy (non-hydrogen) atoms. The number of likely N-dealkylation sites (tertiary alicyclic amines) is 1. The zero-order valence-corrected chi connectivity index (χ0v) is 16.2. The molecule has 0 amide bonds. The van der Waals surface area contributed by atoms with Gasteiger partial charge >= 0.3 is 0 Å². The largest absolute Gasteiger partial charge is 0.388 e. The average molecular weight is 409 g/mol. The molecule has 1 saturated heterocycles. The molecule has 2 N–H and O–H groups in total. The van der Waals surface area contributed by atoms with Gasteiger partial charge in [0.1, 0.15) is 0 Å². The average Bonchev–Trinajstić information content (AvgIpc) is 2.88. The lowest BCUT2D eigenvalue weighted by Gasteiger charge is -2.38. The number of nitrogens with zero attached hydrogens (tertiary/aromatic N) is 2. The molecule has 0 unspecified atom stereocenters. The molecule has 2 fully saturated rings. The topological polar surface area (TPSA) is 47.9 Å². The molecule has 2 rings (SSSR count). The maximum absolute atomic E-state index is 10.4. The van der Waals surface area contributed by atoms with Crippen LogP contribution in [0.2, 0.25) is 0 Å². The van der Waals surface area contributed by atoms with Gasteiger partial charge in [0.15, 0.2) is 5.96 Å². The molecule has 1 saturated carbocycles. The van der Waals surface area contributed by atoms with E-state index in [1.54, 1.807) is 0 Å². The Morgan fingerprint density at radius 2 is 1.90 bits per heavy atom. The van der Waals surface area contributed by atoms with Crippen LogP contribution in [0.3, 0.4) is 0 Å². The molecule has 5 heteroatoms. The first-order valence-electron chi connectivity index (χ1n) is 8.32. The summed E-state index contributed by atoms with van der Waals surface area (Å²) in [6, 6.07) is 0. The maximum Gasteiger partial charge on any atom is 0.194 e. The van der Waals surface area contributed by atoms with Crippen LogP contribution in [0.25, 0.3) is 0 Å². The fourth-order valence-electron chi connectivity index (χ4n) is 3.32. The van der Waals surface area contributed by atoms with Gasteiger partial charge in [-0.15, -0.1) is 24.0 Å². The lowest BCUT2D eigenvalue weighted by molar-refractivity contribution is 0.0415. The van der Waals surface area contributed by atoms with Gasteiger partial charge in [0.05, 0.1) is 12.1 Å². The minimum absolute atomic E-state index is 0. The minimum atomic E-state index is -0.644. The van der Waals surface area contributed by atoms with Gasteiger partial charge in [-0.3, -0.25) is 4.99 Å². The van der Waals surface area contributed by atoms with E-state index in [2.05, 4.69) is 17.1 Å². The molecular formula is C16H32IN3O. The number of halogens is 1. The second-order valence-corrected chi connectivity index (χ2v) is 6.63. The van der Waals surface area contributed by atoms with Crippen LogP contribution >= 0.6 is 24.0 Å². The number of hydrogen-bond donors (Lipinski definition) is 2. The highest BCUT2D eigenvalue weighted by molar-refractivity contribution is 14.0. The van der Waals surface area contributed by atoms with Crippen molar-refractivity contribution in [3.8, 4) is 0 Å². The van der Waals surface area contributed by atoms with E-state index < -0.39 is 5.60 Å². The maximum atomic E-state index is 10.4. The zero-order chi connectivity index (χ0) is 14.6. The van der Waals surface area contributed by atoms with Crippen molar-refractivity contribution >= 4 is 29.9 Å². The van der Waals surface area contributed by atoms with Crippen LogP contribution < -0.4 is 5.32 Å². The predicted molar refractivity (Wildman–Crippen MR) is 99.4 cm³/mol. The second-order valence-electron chi connectivity index (χ2n) is 6.63. The summed E-state index contributed by atoms with van der Waals surface area (Å²) in [6.45, 7) is 9.83. The monoisotopic (exact) mass is 409 g/mol. The van der Waals surface area contributed by atoms with Crippen LogP contribution in [-0.4, -0.2) is 47.7 Å². The van der Waals surface area contributed by atoms with E-state index in [1.165, 1.54) is 25.7 Å². The number of aliphatic hydroxyl groups is 1. The lowest BCUT2D eigenvalue weighted by atomic mass is 9.68. The SMILES string of the molecule is CCNC(=NCC(O)(CC)CC)N1CCC2(CCC2)C1.I. The van der Waals surface area contributed by atoms with E-state index in [-0.39, 0.29) is 24.0 Å². The Balaban J connectivity index is 0.00000220. The van der Waals surface area contributed by atoms with Gasteiger partial charge in [0, 0.05) is 19.6 Å². The molecule has 1 heterocycles. The van der Waals surface area contributed by atoms with Crippen molar-refractivity contribution in [2.75, 3.05) is 26.2 Å². The number of aliphatic imine (C=N–C) groups is 1. The Labute approximate surface area is 146 Å². The Hall–Kier alpha value is -0.0400. The number of guanidine groups is 1. The molecule has 4 nitrogen and oxygen atoms in total. The van der Waals surface area contributed by atoms with E-state index in [0.29, 0.717) is 12.0 Å². The van der Waals surface area contributed by atoms with Gasteiger partial charge < -0.3 is 15.3 Å². The Kier molecular flexibility index (Phi) is 7.24. The van der Waals surface area contributed by atoms with Gasteiger partial charge in [-0.05, 0) is 44.4 Å². The Morgan fingerprint density at radius 3 is 2.33 bits per heavy atom. The van der Waals surface area contributed by atoms with Crippen molar-refractivity contribution in [2.24, 2.45) is 10.4 Å². The molecule has 0 bridgehead atoms. The van der Waals surface area contributed by atoms with Gasteiger partial charge in [0.2, 0.25) is 0 Å². The molecule has 0 aromatic rings. The van der Waals surface area contributed by atoms with Crippen molar-refractivity contribution in [1.82, 2.24) is 10.2 Å². The molecule has 0 aromatic heterocycles. The van der Waals surface area contributed by atoms with Gasteiger partial charge in [-0.2, -0.15) is 0 Å². The molecule has 2 aliphatic rings.